The van der Waals surface area contributed by atoms with E-state index in [9.17, 15) is 23.6 Å². The van der Waals surface area contributed by atoms with E-state index in [1.54, 1.807) is 13.8 Å². The normalized spacial score (nSPS) is 20.5. The number of amides is 4. The summed E-state index contributed by atoms with van der Waals surface area (Å²) < 4.78 is 17.8. The van der Waals surface area contributed by atoms with Gasteiger partial charge in [0, 0.05) is 5.69 Å². The fourth-order valence-electron chi connectivity index (χ4n) is 2.32. The summed E-state index contributed by atoms with van der Waals surface area (Å²) in [6.45, 7) is 4.06. The standard InChI is InChI=1S/C17H20FN3O5/c1-4-17(3)15(24)21(16(25)20-17)9-13(22)26-10(2)14(23)19-12-7-5-11(18)6-8-12/h5-8,10H,4,9H2,1-3H3,(H,19,23)(H,20,25)/t10-,17-/m1/s1. The molecule has 1 saturated heterocycles. The van der Waals surface area contributed by atoms with Gasteiger partial charge in [0.05, 0.1) is 0 Å². The molecular formula is C17H20FN3O5. The zero-order valence-electron chi connectivity index (χ0n) is 14.7. The number of carbonyl (C=O) groups excluding carboxylic acids is 4. The van der Waals surface area contributed by atoms with Crippen LogP contribution in [0.1, 0.15) is 27.2 Å². The first-order valence-corrected chi connectivity index (χ1v) is 8.06. The molecule has 140 valence electrons. The van der Waals surface area contributed by atoms with Gasteiger partial charge in [-0.15, -0.1) is 0 Å². The Bertz CT molecular complexity index is 736. The van der Waals surface area contributed by atoms with Crippen molar-refractivity contribution in [3.8, 4) is 0 Å². The molecule has 9 heteroatoms. The van der Waals surface area contributed by atoms with E-state index in [1.807, 2.05) is 0 Å². The van der Waals surface area contributed by atoms with E-state index >= 15 is 0 Å². The van der Waals surface area contributed by atoms with Crippen LogP contribution in [0.2, 0.25) is 0 Å². The van der Waals surface area contributed by atoms with Crippen LogP contribution in [0, 0.1) is 5.82 Å². The van der Waals surface area contributed by atoms with Gasteiger partial charge in [-0.2, -0.15) is 0 Å². The lowest BCUT2D eigenvalue weighted by Gasteiger charge is -2.19. The van der Waals surface area contributed by atoms with E-state index in [2.05, 4.69) is 10.6 Å². The third kappa shape index (κ3) is 4.16. The third-order valence-corrected chi connectivity index (χ3v) is 4.13. The number of ether oxygens (including phenoxy) is 1. The Morgan fingerprint density at radius 2 is 1.92 bits per heavy atom. The van der Waals surface area contributed by atoms with Gasteiger partial charge in [-0.25, -0.2) is 9.18 Å². The topological polar surface area (TPSA) is 105 Å². The zero-order valence-corrected chi connectivity index (χ0v) is 14.7. The third-order valence-electron chi connectivity index (χ3n) is 4.13. The fraction of sp³-hybridized carbons (Fsp3) is 0.412. The number of nitrogens with one attached hydrogen (secondary N) is 2. The summed E-state index contributed by atoms with van der Waals surface area (Å²) >= 11 is 0. The molecule has 4 amide bonds. The molecule has 8 nitrogen and oxygen atoms in total. The molecule has 2 rings (SSSR count). The monoisotopic (exact) mass is 365 g/mol. The van der Waals surface area contributed by atoms with Gasteiger partial charge in [-0.05, 0) is 44.5 Å². The maximum atomic E-state index is 12.8. The molecule has 26 heavy (non-hydrogen) atoms. The number of urea groups is 1. The second-order valence-corrected chi connectivity index (χ2v) is 6.14. The van der Waals surface area contributed by atoms with Crippen molar-refractivity contribution in [3.63, 3.8) is 0 Å². The molecule has 1 aromatic carbocycles. The van der Waals surface area contributed by atoms with Crippen LogP contribution in [0.5, 0.6) is 0 Å². The molecule has 2 N–H and O–H groups in total. The van der Waals surface area contributed by atoms with E-state index in [4.69, 9.17) is 4.74 Å². The highest BCUT2D eigenvalue weighted by molar-refractivity contribution is 6.08. The van der Waals surface area contributed by atoms with Gasteiger partial charge in [0.25, 0.3) is 11.8 Å². The summed E-state index contributed by atoms with van der Waals surface area (Å²) in [7, 11) is 0. The zero-order chi connectivity index (χ0) is 19.5. The first-order valence-electron chi connectivity index (χ1n) is 8.06. The van der Waals surface area contributed by atoms with Crippen LogP contribution in [-0.2, 0) is 19.1 Å². The largest absolute Gasteiger partial charge is 0.451 e. The van der Waals surface area contributed by atoms with Gasteiger partial charge in [0.2, 0.25) is 0 Å². The van der Waals surface area contributed by atoms with Crippen molar-refractivity contribution in [2.75, 3.05) is 11.9 Å². The fourth-order valence-corrected chi connectivity index (χ4v) is 2.32. The highest BCUT2D eigenvalue weighted by atomic mass is 19.1. The number of halogens is 1. The molecule has 0 radical (unpaired) electrons. The highest BCUT2D eigenvalue weighted by Crippen LogP contribution is 2.20. The van der Waals surface area contributed by atoms with Crippen molar-refractivity contribution < 1.29 is 28.3 Å². The quantitative estimate of drug-likeness (QED) is 0.586. The van der Waals surface area contributed by atoms with Crippen molar-refractivity contribution in [3.05, 3.63) is 30.1 Å². The van der Waals surface area contributed by atoms with Gasteiger partial charge in [0.15, 0.2) is 6.10 Å². The molecule has 1 aromatic rings. The van der Waals surface area contributed by atoms with Crippen molar-refractivity contribution in [2.24, 2.45) is 0 Å². The minimum Gasteiger partial charge on any atom is -0.451 e. The molecule has 0 aliphatic carbocycles. The Hall–Kier alpha value is -2.97. The lowest BCUT2D eigenvalue weighted by molar-refractivity contribution is -0.155. The first-order chi connectivity index (χ1) is 12.2. The van der Waals surface area contributed by atoms with Gasteiger partial charge >= 0.3 is 12.0 Å². The van der Waals surface area contributed by atoms with Gasteiger partial charge < -0.3 is 15.4 Å². The Labute approximate surface area is 149 Å². The summed E-state index contributed by atoms with van der Waals surface area (Å²) in [6.07, 6.45) is -0.787. The Morgan fingerprint density at radius 3 is 2.46 bits per heavy atom. The minimum atomic E-state index is -1.16. The smallest absolute Gasteiger partial charge is 0.327 e. The number of carbonyl (C=O) groups is 4. The van der Waals surface area contributed by atoms with E-state index < -0.39 is 47.8 Å². The molecule has 1 aliphatic rings. The van der Waals surface area contributed by atoms with Crippen LogP contribution in [0.25, 0.3) is 0 Å². The number of hydrogen-bond donors (Lipinski definition) is 2. The minimum absolute atomic E-state index is 0.340. The van der Waals surface area contributed by atoms with E-state index in [0.29, 0.717) is 12.1 Å². The second-order valence-electron chi connectivity index (χ2n) is 6.14. The SMILES string of the molecule is CC[C@@]1(C)NC(=O)N(CC(=O)O[C@H](C)C(=O)Nc2ccc(F)cc2)C1=O. The van der Waals surface area contributed by atoms with Crippen molar-refractivity contribution in [2.45, 2.75) is 38.8 Å². The number of anilines is 1. The van der Waals surface area contributed by atoms with Gasteiger partial charge in [0.1, 0.15) is 17.9 Å². The highest BCUT2D eigenvalue weighted by Gasteiger charge is 2.47. The molecule has 0 bridgehead atoms. The molecule has 0 spiro atoms. The van der Waals surface area contributed by atoms with Crippen molar-refractivity contribution >= 4 is 29.5 Å². The average molecular weight is 365 g/mol. The predicted molar refractivity (Wildman–Crippen MR) is 89.5 cm³/mol. The maximum Gasteiger partial charge on any atom is 0.327 e. The molecule has 0 unspecified atom stereocenters. The number of benzene rings is 1. The van der Waals surface area contributed by atoms with Crippen molar-refractivity contribution in [1.29, 1.82) is 0 Å². The summed E-state index contributed by atoms with van der Waals surface area (Å²) in [5, 5.41) is 4.98. The molecule has 2 atom stereocenters. The van der Waals surface area contributed by atoms with E-state index in [1.165, 1.54) is 31.2 Å². The predicted octanol–water partition coefficient (Wildman–Crippen LogP) is 1.42. The molecule has 1 fully saturated rings. The first kappa shape index (κ1) is 19.4. The van der Waals surface area contributed by atoms with E-state index in [-0.39, 0.29) is 0 Å². The maximum absolute atomic E-state index is 12.8. The van der Waals surface area contributed by atoms with Crippen molar-refractivity contribution in [1.82, 2.24) is 10.2 Å². The Morgan fingerprint density at radius 1 is 1.31 bits per heavy atom. The summed E-state index contributed by atoms with van der Waals surface area (Å²) in [4.78, 5) is 48.8. The molecule has 1 aliphatic heterocycles. The Balaban J connectivity index is 1.90. The molecule has 0 saturated carbocycles. The Kier molecular flexibility index (Phi) is 5.59. The van der Waals surface area contributed by atoms with E-state index in [0.717, 1.165) is 4.90 Å². The lowest BCUT2D eigenvalue weighted by atomic mass is 9.99. The summed E-state index contributed by atoms with van der Waals surface area (Å²) in [6, 6.07) is 4.39. The van der Waals surface area contributed by atoms with Crippen LogP contribution < -0.4 is 10.6 Å². The number of hydrogen-bond acceptors (Lipinski definition) is 5. The van der Waals surface area contributed by atoms with Crippen LogP contribution in [0.15, 0.2) is 24.3 Å². The van der Waals surface area contributed by atoms with Gasteiger partial charge in [-0.1, -0.05) is 6.92 Å². The number of imide groups is 1. The summed E-state index contributed by atoms with van der Waals surface area (Å²) in [5.41, 5.74) is -0.713. The lowest BCUT2D eigenvalue weighted by Crippen LogP contribution is -2.44. The van der Waals surface area contributed by atoms with Crippen LogP contribution in [0.3, 0.4) is 0 Å². The number of rotatable bonds is 6. The average Bonchev–Trinajstić information content (AvgIpc) is 2.80. The molecular weight excluding hydrogens is 345 g/mol. The second kappa shape index (κ2) is 7.51. The van der Waals surface area contributed by atoms with Gasteiger partial charge in [-0.3, -0.25) is 19.3 Å². The van der Waals surface area contributed by atoms with Crippen LogP contribution in [-0.4, -0.2) is 46.9 Å². The molecule has 0 aromatic heterocycles. The summed E-state index contributed by atoms with van der Waals surface area (Å²) in [5.74, 6) is -2.49. The molecule has 1 heterocycles. The van der Waals surface area contributed by atoms with Crippen LogP contribution >= 0.6 is 0 Å². The number of nitrogens with zero attached hydrogens (tertiary/aromatic N) is 1. The number of esters is 1. The van der Waals surface area contributed by atoms with Crippen LogP contribution in [0.4, 0.5) is 14.9 Å².